The minimum atomic E-state index is -4.29. The predicted octanol–water partition coefficient (Wildman–Crippen LogP) is 5.00. The Labute approximate surface area is 314 Å². The molecule has 1 aliphatic carbocycles. The maximum Gasteiger partial charge on any atom is 0.387 e. The molecule has 3 heterocycles. The summed E-state index contributed by atoms with van der Waals surface area (Å²) in [5.41, 5.74) is 0.762. The first-order valence-electron chi connectivity index (χ1n) is 16.5. The van der Waals surface area contributed by atoms with Gasteiger partial charge in [-0.1, -0.05) is 35.3 Å². The number of carbonyl (C=O) groups is 2. The minimum absolute atomic E-state index is 0.00106. The molecule has 6 rings (SSSR count). The van der Waals surface area contributed by atoms with Crippen molar-refractivity contribution in [1.29, 1.82) is 0 Å². The van der Waals surface area contributed by atoms with Crippen LogP contribution < -0.4 is 14.2 Å². The molecule has 52 heavy (non-hydrogen) atoms. The molecule has 1 amide bonds. The molecule has 3 fully saturated rings. The van der Waals surface area contributed by atoms with Crippen molar-refractivity contribution in [1.82, 2.24) is 14.1 Å². The van der Waals surface area contributed by atoms with E-state index in [1.54, 1.807) is 11.0 Å². The highest BCUT2D eigenvalue weighted by molar-refractivity contribution is 8.02. The summed E-state index contributed by atoms with van der Waals surface area (Å²) in [5.74, 6) is -0.858. The Morgan fingerprint density at radius 1 is 1.02 bits per heavy atom. The van der Waals surface area contributed by atoms with Gasteiger partial charge in [0, 0.05) is 56.0 Å². The maximum absolute atomic E-state index is 14.0. The fourth-order valence-corrected chi connectivity index (χ4v) is 9.56. The number of ether oxygens (including phenoxy) is 3. The van der Waals surface area contributed by atoms with Crippen molar-refractivity contribution in [3.63, 3.8) is 0 Å². The third-order valence-corrected chi connectivity index (χ3v) is 12.8. The monoisotopic (exact) mass is 800 g/mol. The standard InChI is InChI=1S/C34H36Cl2F2N4O8S2/c1-39-9-11-40(12-10-39)31(43)23-3-2-4-24(15-23)52(46,47)42-13-14-51-32(42)33(44)49-29(17-25-26(35)18-41(45)19-27(25)36)22-7-8-28(50-34(37)38)30(16-22)48-20-21-5-6-21/h2-4,7-8,15-16,18-19,21,29,32,34H,5-6,9-14,17,20H2,1H3/t29-,32?/m0/s1. The van der Waals surface area contributed by atoms with Crippen molar-refractivity contribution in [2.75, 3.05) is 52.1 Å². The van der Waals surface area contributed by atoms with Crippen molar-refractivity contribution in [3.8, 4) is 11.5 Å². The van der Waals surface area contributed by atoms with Gasteiger partial charge in [-0.2, -0.15) is 17.8 Å². The first kappa shape index (κ1) is 38.3. The lowest BCUT2D eigenvalue weighted by atomic mass is 10.0. The number of sulfonamides is 1. The van der Waals surface area contributed by atoms with E-state index >= 15 is 0 Å². The summed E-state index contributed by atoms with van der Waals surface area (Å²) in [4.78, 5) is 30.9. The van der Waals surface area contributed by atoms with Gasteiger partial charge >= 0.3 is 12.6 Å². The van der Waals surface area contributed by atoms with E-state index in [2.05, 4.69) is 9.64 Å². The van der Waals surface area contributed by atoms with Crippen LogP contribution in [0, 0.1) is 11.1 Å². The summed E-state index contributed by atoms with van der Waals surface area (Å²) in [7, 11) is -2.33. The van der Waals surface area contributed by atoms with Crippen LogP contribution in [-0.4, -0.2) is 98.5 Å². The Balaban J connectivity index is 1.27. The molecule has 12 nitrogen and oxygen atoms in total. The smallest absolute Gasteiger partial charge is 0.387 e. The number of aromatic nitrogens is 1. The Hall–Kier alpha value is -3.41. The molecule has 0 spiro atoms. The average molecular weight is 802 g/mol. The van der Waals surface area contributed by atoms with E-state index in [-0.39, 0.29) is 74.7 Å². The lowest BCUT2D eigenvalue weighted by molar-refractivity contribution is -0.605. The fraction of sp³-hybridized carbons (Fsp3) is 0.441. The number of halogens is 4. The Morgan fingerprint density at radius 2 is 1.73 bits per heavy atom. The summed E-state index contributed by atoms with van der Waals surface area (Å²) in [5, 5.41) is 10.6. The number of nitrogens with zero attached hydrogens (tertiary/aromatic N) is 4. The number of rotatable bonds is 13. The van der Waals surface area contributed by atoms with Crippen LogP contribution in [0.4, 0.5) is 8.78 Å². The van der Waals surface area contributed by atoms with Crippen molar-refractivity contribution >= 4 is 56.9 Å². The van der Waals surface area contributed by atoms with Gasteiger partial charge in [-0.15, -0.1) is 11.8 Å². The summed E-state index contributed by atoms with van der Waals surface area (Å²) in [6, 6.07) is 9.83. The predicted molar refractivity (Wildman–Crippen MR) is 189 cm³/mol. The molecule has 3 aliphatic rings. The molecule has 1 aromatic heterocycles. The van der Waals surface area contributed by atoms with Crippen LogP contribution >= 0.6 is 35.0 Å². The number of amides is 1. The number of likely N-dealkylation sites (N-methyl/N-ethyl adjacent to an activating group) is 1. The topological polar surface area (TPSA) is 133 Å². The highest BCUT2D eigenvalue weighted by atomic mass is 35.5. The fourth-order valence-electron chi connectivity index (χ4n) is 5.86. The normalized spacial score (nSPS) is 19.1. The first-order chi connectivity index (χ1) is 24.8. The average Bonchev–Trinajstić information content (AvgIpc) is 3.80. The summed E-state index contributed by atoms with van der Waals surface area (Å²) >= 11 is 13.8. The van der Waals surface area contributed by atoms with Gasteiger partial charge in [-0.25, -0.2) is 13.2 Å². The lowest BCUT2D eigenvalue weighted by Crippen LogP contribution is -2.47. The van der Waals surface area contributed by atoms with E-state index in [1.807, 2.05) is 7.05 Å². The lowest BCUT2D eigenvalue weighted by Gasteiger charge is -2.32. The number of hydrogen-bond acceptors (Lipinski definition) is 10. The Kier molecular flexibility index (Phi) is 12.0. The van der Waals surface area contributed by atoms with Crippen LogP contribution in [0.15, 0.2) is 59.8 Å². The van der Waals surface area contributed by atoms with E-state index in [1.165, 1.54) is 36.4 Å². The van der Waals surface area contributed by atoms with Crippen molar-refractivity contribution in [2.24, 2.45) is 5.92 Å². The highest BCUT2D eigenvalue weighted by Crippen LogP contribution is 2.39. The van der Waals surface area contributed by atoms with E-state index in [9.17, 15) is 32.0 Å². The second-order valence-electron chi connectivity index (χ2n) is 12.7. The van der Waals surface area contributed by atoms with Crippen molar-refractivity contribution in [2.45, 2.75) is 42.2 Å². The number of benzene rings is 2. The SMILES string of the molecule is CN1CCN(C(=O)c2cccc(S(=O)(=O)N3CCSC3C(=O)O[C@@H](Cc3c(Cl)c[n+]([O-])cc3Cl)c3ccc(OC(F)F)c(OCC4CC4)c3)c2)CC1. The van der Waals surface area contributed by atoms with Gasteiger partial charge in [-0.3, -0.25) is 4.79 Å². The van der Waals surface area contributed by atoms with Crippen molar-refractivity contribution in [3.05, 3.63) is 86.8 Å². The van der Waals surface area contributed by atoms with Crippen LogP contribution in [-0.2, 0) is 26.0 Å². The molecule has 2 saturated heterocycles. The molecule has 0 N–H and O–H groups in total. The zero-order valence-electron chi connectivity index (χ0n) is 28.0. The van der Waals surface area contributed by atoms with Crippen LogP contribution in [0.3, 0.4) is 0 Å². The number of thioether (sulfide) groups is 1. The van der Waals surface area contributed by atoms with E-state index in [4.69, 9.17) is 32.7 Å². The van der Waals surface area contributed by atoms with Gasteiger partial charge in [0.2, 0.25) is 10.0 Å². The zero-order valence-corrected chi connectivity index (χ0v) is 31.1. The molecular weight excluding hydrogens is 765 g/mol. The summed E-state index contributed by atoms with van der Waals surface area (Å²) in [6.45, 7) is -0.450. The third-order valence-electron chi connectivity index (χ3n) is 8.96. The van der Waals surface area contributed by atoms with Gasteiger partial charge in [0.15, 0.2) is 29.3 Å². The van der Waals surface area contributed by atoms with Crippen LogP contribution in [0.2, 0.25) is 10.0 Å². The first-order valence-corrected chi connectivity index (χ1v) is 19.7. The molecule has 2 atom stereocenters. The molecule has 2 aromatic carbocycles. The number of hydrogen-bond donors (Lipinski definition) is 0. The Bertz CT molecular complexity index is 1890. The summed E-state index contributed by atoms with van der Waals surface area (Å²) < 4.78 is 72.5. The molecule has 1 unspecified atom stereocenters. The van der Waals surface area contributed by atoms with Gasteiger partial charge in [0.25, 0.3) is 5.91 Å². The van der Waals surface area contributed by atoms with Crippen LogP contribution in [0.5, 0.6) is 11.5 Å². The second kappa shape index (κ2) is 16.3. The molecule has 1 saturated carbocycles. The molecule has 0 radical (unpaired) electrons. The minimum Gasteiger partial charge on any atom is -0.619 e. The molecule has 18 heteroatoms. The molecule has 0 bridgehead atoms. The van der Waals surface area contributed by atoms with Crippen molar-refractivity contribution < 1.29 is 45.7 Å². The third kappa shape index (κ3) is 9.02. The van der Waals surface area contributed by atoms with Gasteiger partial charge in [0.1, 0.15) is 16.1 Å². The molecule has 3 aromatic rings. The molecule has 280 valence electrons. The van der Waals surface area contributed by atoms with Gasteiger partial charge in [-0.05, 0) is 61.7 Å². The molecular formula is C34H36Cl2F2N4O8S2. The van der Waals surface area contributed by atoms with Crippen LogP contribution in [0.25, 0.3) is 0 Å². The van der Waals surface area contributed by atoms with E-state index in [0.29, 0.717) is 36.5 Å². The number of piperazine rings is 1. The quantitative estimate of drug-likeness (QED) is 0.132. The highest BCUT2D eigenvalue weighted by Gasteiger charge is 2.42. The number of esters is 1. The van der Waals surface area contributed by atoms with Crippen LogP contribution in [0.1, 0.15) is 40.4 Å². The van der Waals surface area contributed by atoms with Gasteiger partial charge < -0.3 is 29.2 Å². The zero-order chi connectivity index (χ0) is 37.2. The number of alkyl halides is 2. The van der Waals surface area contributed by atoms with E-state index in [0.717, 1.165) is 41.3 Å². The second-order valence-corrected chi connectivity index (χ2v) is 16.6. The summed E-state index contributed by atoms with van der Waals surface area (Å²) in [6.07, 6.45) is 2.67. The van der Waals surface area contributed by atoms with E-state index < -0.39 is 34.1 Å². The number of pyridine rings is 1. The molecule has 2 aliphatic heterocycles. The number of carbonyl (C=O) groups excluding carboxylic acids is 2. The largest absolute Gasteiger partial charge is 0.619 e. The van der Waals surface area contributed by atoms with Gasteiger partial charge in [0.05, 0.1) is 11.5 Å². The maximum atomic E-state index is 14.0. The Morgan fingerprint density at radius 3 is 2.40 bits per heavy atom.